The van der Waals surface area contributed by atoms with Crippen molar-refractivity contribution in [3.05, 3.63) is 34.8 Å². The highest BCUT2D eigenvalue weighted by atomic mass is 16.3. The number of amides is 2. The van der Waals surface area contributed by atoms with Crippen molar-refractivity contribution in [2.45, 2.75) is 58.3 Å². The normalized spacial score (nSPS) is 18.9. The summed E-state index contributed by atoms with van der Waals surface area (Å²) in [7, 11) is 1.81. The second-order valence-corrected chi connectivity index (χ2v) is 8.25. The number of aliphatic hydroxyl groups excluding tert-OH is 1. The van der Waals surface area contributed by atoms with Crippen LogP contribution < -0.4 is 16.1 Å². The van der Waals surface area contributed by atoms with Crippen LogP contribution in [0, 0.1) is 6.92 Å². The molecule has 29 heavy (non-hydrogen) atoms. The van der Waals surface area contributed by atoms with Crippen LogP contribution in [0.15, 0.2) is 12.3 Å². The highest BCUT2D eigenvalue weighted by Crippen LogP contribution is 2.29. The van der Waals surface area contributed by atoms with Crippen LogP contribution in [-0.4, -0.2) is 57.6 Å². The first-order chi connectivity index (χ1) is 13.7. The van der Waals surface area contributed by atoms with E-state index in [4.69, 9.17) is 0 Å². The molecule has 0 bridgehead atoms. The number of likely N-dealkylation sites (N-methyl/N-ethyl adjacent to an activating group) is 1. The van der Waals surface area contributed by atoms with Gasteiger partial charge in [-0.15, -0.1) is 0 Å². The second-order valence-electron chi connectivity index (χ2n) is 8.25. The molecule has 0 aromatic carbocycles. The van der Waals surface area contributed by atoms with Gasteiger partial charge in [0, 0.05) is 25.5 Å². The maximum absolute atomic E-state index is 13.1. The van der Waals surface area contributed by atoms with Crippen molar-refractivity contribution in [3.8, 4) is 0 Å². The third kappa shape index (κ3) is 4.06. The van der Waals surface area contributed by atoms with E-state index >= 15 is 0 Å². The molecule has 158 valence electrons. The smallest absolute Gasteiger partial charge is 0.294 e. The Hall–Kier alpha value is -2.65. The second kappa shape index (κ2) is 8.00. The van der Waals surface area contributed by atoms with Gasteiger partial charge in [0.15, 0.2) is 0 Å². The van der Waals surface area contributed by atoms with Gasteiger partial charge in [0.1, 0.15) is 6.17 Å². The molecule has 9 heteroatoms. The average molecular weight is 403 g/mol. The van der Waals surface area contributed by atoms with Gasteiger partial charge in [-0.3, -0.25) is 14.4 Å². The Labute approximate surface area is 170 Å². The van der Waals surface area contributed by atoms with Gasteiger partial charge in [-0.1, -0.05) is 0 Å². The maximum atomic E-state index is 13.1. The van der Waals surface area contributed by atoms with Crippen LogP contribution in [0.3, 0.4) is 0 Å². The molecule has 2 aliphatic heterocycles. The van der Waals surface area contributed by atoms with Crippen LogP contribution in [0.25, 0.3) is 0 Å². The van der Waals surface area contributed by atoms with E-state index in [0.717, 1.165) is 18.5 Å². The van der Waals surface area contributed by atoms with Crippen molar-refractivity contribution in [1.29, 1.82) is 0 Å². The van der Waals surface area contributed by atoms with Crippen molar-refractivity contribution in [2.75, 3.05) is 13.7 Å². The fourth-order valence-electron chi connectivity index (χ4n) is 3.79. The molecule has 3 rings (SSSR count). The molecule has 2 aliphatic rings. The number of nitrogens with zero attached hydrogens (tertiary/aromatic N) is 2. The molecule has 0 fully saturated rings. The number of fused-ring (bicyclic) bond motifs is 1. The quantitative estimate of drug-likeness (QED) is 0.399. The van der Waals surface area contributed by atoms with Crippen LogP contribution in [0.1, 0.15) is 58.8 Å². The molecule has 4 N–H and O–H groups in total. The molecule has 0 radical (unpaired) electrons. The molecule has 3 heterocycles. The summed E-state index contributed by atoms with van der Waals surface area (Å²) in [5.74, 6) is -1.74. The van der Waals surface area contributed by atoms with E-state index in [1.165, 1.54) is 0 Å². The van der Waals surface area contributed by atoms with Crippen molar-refractivity contribution in [2.24, 2.45) is 0 Å². The molecular formula is C20H29N5O4. The van der Waals surface area contributed by atoms with Crippen LogP contribution >= 0.6 is 0 Å². The standard InChI is InChI=1S/C20H29N5O4/c1-12-15(18(28)22-14-8-9-21-24(14)4)13-7-5-6-10-25(13)16(12)17(27)19(29)23-20(2,3)11-26/h8-9,14,21,26H,5-7,10-11H2,1-4H3,(H,22,28)(H,23,29). The summed E-state index contributed by atoms with van der Waals surface area (Å²) in [6, 6.07) is 0. The molecule has 1 aromatic heterocycles. The zero-order valence-corrected chi connectivity index (χ0v) is 17.3. The third-order valence-electron chi connectivity index (χ3n) is 5.41. The molecule has 0 spiro atoms. The summed E-state index contributed by atoms with van der Waals surface area (Å²) in [4.78, 5) is 38.6. The van der Waals surface area contributed by atoms with E-state index in [9.17, 15) is 19.5 Å². The Morgan fingerprint density at radius 2 is 2.03 bits per heavy atom. The lowest BCUT2D eigenvalue weighted by molar-refractivity contribution is -0.119. The van der Waals surface area contributed by atoms with Crippen LogP contribution in [0.5, 0.6) is 0 Å². The molecule has 1 unspecified atom stereocenters. The van der Waals surface area contributed by atoms with Gasteiger partial charge >= 0.3 is 0 Å². The van der Waals surface area contributed by atoms with Crippen LogP contribution in [0.2, 0.25) is 0 Å². The Bertz CT molecular complexity index is 871. The fourth-order valence-corrected chi connectivity index (χ4v) is 3.79. The molecule has 9 nitrogen and oxygen atoms in total. The molecule has 1 atom stereocenters. The number of carbonyl (C=O) groups is 3. The highest BCUT2D eigenvalue weighted by Gasteiger charge is 2.34. The number of carbonyl (C=O) groups excluding carboxylic acids is 3. The van der Waals surface area contributed by atoms with E-state index < -0.39 is 17.2 Å². The Balaban J connectivity index is 1.94. The first kappa shape index (κ1) is 21.1. The van der Waals surface area contributed by atoms with Gasteiger partial charge in [-0.25, -0.2) is 5.01 Å². The number of ketones is 1. The number of aromatic nitrogens is 1. The lowest BCUT2D eigenvalue weighted by atomic mass is 10.0. The minimum Gasteiger partial charge on any atom is -0.394 e. The van der Waals surface area contributed by atoms with Crippen LogP contribution in [0.4, 0.5) is 0 Å². The number of hydrogen-bond acceptors (Lipinski definition) is 6. The molecule has 0 aliphatic carbocycles. The minimum atomic E-state index is -0.912. The summed E-state index contributed by atoms with van der Waals surface area (Å²) in [5, 5.41) is 16.6. The van der Waals surface area contributed by atoms with E-state index in [2.05, 4.69) is 16.1 Å². The number of Topliss-reactive ketones (excluding diaryl/α,β-unsaturated/α-hetero) is 1. The van der Waals surface area contributed by atoms with Crippen molar-refractivity contribution < 1.29 is 19.5 Å². The first-order valence-corrected chi connectivity index (χ1v) is 9.82. The Kier molecular flexibility index (Phi) is 5.81. The Morgan fingerprint density at radius 3 is 2.66 bits per heavy atom. The summed E-state index contributed by atoms with van der Waals surface area (Å²) in [6.07, 6.45) is 5.75. The van der Waals surface area contributed by atoms with Gasteiger partial charge < -0.3 is 25.7 Å². The summed E-state index contributed by atoms with van der Waals surface area (Å²) in [5.41, 5.74) is 4.09. The fraction of sp³-hybridized carbons (Fsp3) is 0.550. The topological polar surface area (TPSA) is 116 Å². The van der Waals surface area contributed by atoms with Crippen molar-refractivity contribution in [1.82, 2.24) is 25.6 Å². The lowest BCUT2D eigenvalue weighted by Gasteiger charge is -2.23. The summed E-state index contributed by atoms with van der Waals surface area (Å²) >= 11 is 0. The van der Waals surface area contributed by atoms with E-state index in [0.29, 0.717) is 24.1 Å². The van der Waals surface area contributed by atoms with E-state index in [1.807, 2.05) is 17.7 Å². The monoisotopic (exact) mass is 403 g/mol. The van der Waals surface area contributed by atoms with Gasteiger partial charge in [-0.2, -0.15) is 0 Å². The number of nitrogens with one attached hydrogen (secondary N) is 3. The van der Waals surface area contributed by atoms with E-state index in [1.54, 1.807) is 32.0 Å². The van der Waals surface area contributed by atoms with Crippen molar-refractivity contribution in [3.63, 3.8) is 0 Å². The molecule has 2 amide bonds. The summed E-state index contributed by atoms with van der Waals surface area (Å²) < 4.78 is 1.81. The van der Waals surface area contributed by atoms with Gasteiger partial charge in [-0.05, 0) is 51.7 Å². The predicted molar refractivity (Wildman–Crippen MR) is 107 cm³/mol. The lowest BCUT2D eigenvalue weighted by Crippen LogP contribution is -2.49. The molecule has 0 saturated heterocycles. The minimum absolute atomic E-state index is 0.254. The average Bonchev–Trinajstić information content (AvgIpc) is 3.20. The van der Waals surface area contributed by atoms with Gasteiger partial charge in [0.2, 0.25) is 0 Å². The Morgan fingerprint density at radius 1 is 1.31 bits per heavy atom. The molecule has 1 aromatic rings. The third-order valence-corrected chi connectivity index (χ3v) is 5.41. The summed E-state index contributed by atoms with van der Waals surface area (Å²) in [6.45, 7) is 5.28. The number of aliphatic hydroxyl groups is 1. The zero-order chi connectivity index (χ0) is 21.3. The first-order valence-electron chi connectivity index (χ1n) is 9.82. The van der Waals surface area contributed by atoms with Gasteiger partial charge in [0.05, 0.1) is 23.4 Å². The predicted octanol–water partition coefficient (Wildman–Crippen LogP) is 0.222. The van der Waals surface area contributed by atoms with Crippen LogP contribution in [-0.2, 0) is 17.8 Å². The number of hydrazine groups is 1. The zero-order valence-electron chi connectivity index (χ0n) is 17.3. The molecule has 0 saturated carbocycles. The van der Waals surface area contributed by atoms with E-state index in [-0.39, 0.29) is 24.4 Å². The number of hydrogen-bond donors (Lipinski definition) is 4. The van der Waals surface area contributed by atoms with Gasteiger partial charge in [0.25, 0.3) is 17.6 Å². The van der Waals surface area contributed by atoms with Crippen molar-refractivity contribution >= 4 is 17.6 Å². The largest absolute Gasteiger partial charge is 0.394 e. The maximum Gasteiger partial charge on any atom is 0.294 e. The molecular weight excluding hydrogens is 374 g/mol. The number of rotatable bonds is 6. The SMILES string of the molecule is Cc1c(C(=O)NC2C=CNN2C)c2n(c1C(=O)C(=O)NC(C)(C)CO)CCCC2. The highest BCUT2D eigenvalue weighted by molar-refractivity contribution is 6.43.